The third kappa shape index (κ3) is 4.86. The summed E-state index contributed by atoms with van der Waals surface area (Å²) in [7, 11) is 0. The molecule has 0 amide bonds. The minimum absolute atomic E-state index is 0.182. The Morgan fingerprint density at radius 1 is 1.26 bits per heavy atom. The van der Waals surface area contributed by atoms with E-state index >= 15 is 0 Å². The average molecular weight is 273 g/mol. The summed E-state index contributed by atoms with van der Waals surface area (Å²) >= 11 is 0. The highest BCUT2D eigenvalue weighted by molar-refractivity contribution is 5.22. The van der Waals surface area contributed by atoms with Crippen molar-refractivity contribution in [2.24, 2.45) is 0 Å². The summed E-state index contributed by atoms with van der Waals surface area (Å²) in [5.41, 5.74) is -0.266. The molecule has 0 aliphatic heterocycles. The van der Waals surface area contributed by atoms with Crippen LogP contribution in [0.25, 0.3) is 0 Å². The first-order valence-electron chi connectivity index (χ1n) is 6.52. The summed E-state index contributed by atoms with van der Waals surface area (Å²) in [6.45, 7) is 6.48. The fourth-order valence-electron chi connectivity index (χ4n) is 1.88. The van der Waals surface area contributed by atoms with Crippen LogP contribution in [0.2, 0.25) is 0 Å². The largest absolute Gasteiger partial charge is 0.387 e. The SMILES string of the molecule is CCOCCN(CC)CC(O)c1c(F)cccc1F. The van der Waals surface area contributed by atoms with Gasteiger partial charge in [0, 0.05) is 19.7 Å². The number of nitrogens with zero attached hydrogens (tertiary/aromatic N) is 1. The van der Waals surface area contributed by atoms with Crippen molar-refractivity contribution < 1.29 is 18.6 Å². The summed E-state index contributed by atoms with van der Waals surface area (Å²) in [6.07, 6.45) is -1.18. The normalized spacial score (nSPS) is 12.9. The van der Waals surface area contributed by atoms with E-state index in [1.807, 2.05) is 18.7 Å². The molecule has 3 nitrogen and oxygen atoms in total. The van der Waals surface area contributed by atoms with Crippen LogP contribution in [-0.4, -0.2) is 42.9 Å². The van der Waals surface area contributed by atoms with Gasteiger partial charge in [-0.05, 0) is 25.6 Å². The topological polar surface area (TPSA) is 32.7 Å². The minimum atomic E-state index is -1.18. The van der Waals surface area contributed by atoms with E-state index in [0.717, 1.165) is 12.1 Å². The van der Waals surface area contributed by atoms with Crippen molar-refractivity contribution in [3.8, 4) is 0 Å². The molecule has 0 radical (unpaired) electrons. The maximum Gasteiger partial charge on any atom is 0.131 e. The van der Waals surface area contributed by atoms with E-state index in [1.165, 1.54) is 6.07 Å². The van der Waals surface area contributed by atoms with E-state index in [1.54, 1.807) is 0 Å². The Kier molecular flexibility index (Phi) is 6.91. The summed E-state index contributed by atoms with van der Waals surface area (Å²) in [6, 6.07) is 3.59. The van der Waals surface area contributed by atoms with Gasteiger partial charge in [0.05, 0.1) is 18.3 Å². The van der Waals surface area contributed by atoms with E-state index in [-0.39, 0.29) is 12.1 Å². The molecule has 0 aliphatic rings. The van der Waals surface area contributed by atoms with Crippen LogP contribution in [0.3, 0.4) is 0 Å². The summed E-state index contributed by atoms with van der Waals surface area (Å²) in [4.78, 5) is 1.90. The minimum Gasteiger partial charge on any atom is -0.387 e. The maximum absolute atomic E-state index is 13.5. The third-order valence-electron chi connectivity index (χ3n) is 2.97. The average Bonchev–Trinajstić information content (AvgIpc) is 2.37. The Morgan fingerprint density at radius 3 is 2.42 bits per heavy atom. The number of aliphatic hydroxyl groups is 1. The zero-order valence-electron chi connectivity index (χ0n) is 11.4. The molecule has 1 N–H and O–H groups in total. The highest BCUT2D eigenvalue weighted by Crippen LogP contribution is 2.21. The highest BCUT2D eigenvalue weighted by Gasteiger charge is 2.19. The lowest BCUT2D eigenvalue weighted by Crippen LogP contribution is -2.32. The molecule has 1 atom stereocenters. The van der Waals surface area contributed by atoms with Crippen molar-refractivity contribution in [2.75, 3.05) is 32.8 Å². The molecule has 0 spiro atoms. The molecule has 0 saturated carbocycles. The first kappa shape index (κ1) is 16.0. The Morgan fingerprint density at radius 2 is 1.89 bits per heavy atom. The van der Waals surface area contributed by atoms with Crippen LogP contribution in [0.1, 0.15) is 25.5 Å². The fourth-order valence-corrected chi connectivity index (χ4v) is 1.88. The number of benzene rings is 1. The molecule has 0 saturated heterocycles. The van der Waals surface area contributed by atoms with E-state index in [9.17, 15) is 13.9 Å². The van der Waals surface area contributed by atoms with Crippen molar-refractivity contribution in [1.29, 1.82) is 0 Å². The van der Waals surface area contributed by atoms with Gasteiger partial charge in [-0.3, -0.25) is 4.90 Å². The van der Waals surface area contributed by atoms with Crippen molar-refractivity contribution in [1.82, 2.24) is 4.90 Å². The van der Waals surface area contributed by atoms with E-state index in [2.05, 4.69) is 0 Å². The predicted octanol–water partition coefficient (Wildman–Crippen LogP) is 2.36. The van der Waals surface area contributed by atoms with Gasteiger partial charge < -0.3 is 9.84 Å². The van der Waals surface area contributed by atoms with Crippen molar-refractivity contribution >= 4 is 0 Å². The maximum atomic E-state index is 13.5. The first-order valence-corrected chi connectivity index (χ1v) is 6.52. The zero-order chi connectivity index (χ0) is 14.3. The van der Waals surface area contributed by atoms with Crippen LogP contribution in [0.15, 0.2) is 18.2 Å². The van der Waals surface area contributed by atoms with E-state index in [0.29, 0.717) is 26.3 Å². The van der Waals surface area contributed by atoms with Crippen LogP contribution < -0.4 is 0 Å². The van der Waals surface area contributed by atoms with Gasteiger partial charge in [0.15, 0.2) is 0 Å². The van der Waals surface area contributed by atoms with E-state index < -0.39 is 17.7 Å². The smallest absolute Gasteiger partial charge is 0.131 e. The molecule has 5 heteroatoms. The highest BCUT2D eigenvalue weighted by atomic mass is 19.1. The lowest BCUT2D eigenvalue weighted by Gasteiger charge is -2.24. The number of hydrogen-bond acceptors (Lipinski definition) is 3. The molecule has 1 aromatic carbocycles. The first-order chi connectivity index (χ1) is 9.10. The van der Waals surface area contributed by atoms with Crippen molar-refractivity contribution in [3.05, 3.63) is 35.4 Å². The summed E-state index contributed by atoms with van der Waals surface area (Å²) < 4.78 is 32.3. The van der Waals surface area contributed by atoms with Gasteiger partial charge in [0.2, 0.25) is 0 Å². The molecule has 0 heterocycles. The van der Waals surface area contributed by atoms with Crippen LogP contribution in [0, 0.1) is 11.6 Å². The quantitative estimate of drug-likeness (QED) is 0.738. The Bertz CT molecular complexity index is 367. The second kappa shape index (κ2) is 8.19. The van der Waals surface area contributed by atoms with Gasteiger partial charge in [0.1, 0.15) is 11.6 Å². The van der Waals surface area contributed by atoms with Crippen molar-refractivity contribution in [3.63, 3.8) is 0 Å². The van der Waals surface area contributed by atoms with Gasteiger partial charge in [-0.2, -0.15) is 0 Å². The molecule has 1 rings (SSSR count). The van der Waals surface area contributed by atoms with Crippen molar-refractivity contribution in [2.45, 2.75) is 20.0 Å². The Hall–Kier alpha value is -1.04. The molecule has 19 heavy (non-hydrogen) atoms. The number of aliphatic hydroxyl groups excluding tert-OH is 1. The van der Waals surface area contributed by atoms with Crippen LogP contribution in [-0.2, 0) is 4.74 Å². The molecule has 0 aliphatic carbocycles. The Balaban J connectivity index is 2.63. The molecule has 1 aromatic rings. The number of ether oxygens (including phenoxy) is 1. The molecule has 108 valence electrons. The fraction of sp³-hybridized carbons (Fsp3) is 0.571. The standard InChI is InChI=1S/C14H21F2NO2/c1-3-17(8-9-19-4-2)10-13(18)14-11(15)6-5-7-12(14)16/h5-7,13,18H,3-4,8-10H2,1-2H3. The van der Waals surface area contributed by atoms with Gasteiger partial charge in [-0.15, -0.1) is 0 Å². The number of rotatable bonds is 8. The van der Waals surface area contributed by atoms with Crippen LogP contribution in [0.5, 0.6) is 0 Å². The monoisotopic (exact) mass is 273 g/mol. The predicted molar refractivity (Wildman–Crippen MR) is 69.9 cm³/mol. The Labute approximate surface area is 112 Å². The third-order valence-corrected chi connectivity index (χ3v) is 2.97. The lowest BCUT2D eigenvalue weighted by atomic mass is 10.1. The van der Waals surface area contributed by atoms with Crippen LogP contribution >= 0.6 is 0 Å². The molecular formula is C14H21F2NO2. The zero-order valence-corrected chi connectivity index (χ0v) is 11.4. The van der Waals surface area contributed by atoms with Gasteiger partial charge >= 0.3 is 0 Å². The van der Waals surface area contributed by atoms with Gasteiger partial charge in [-0.25, -0.2) is 8.78 Å². The number of likely N-dealkylation sites (N-methyl/N-ethyl adjacent to an activating group) is 1. The summed E-state index contributed by atoms with van der Waals surface area (Å²) in [5, 5.41) is 9.98. The lowest BCUT2D eigenvalue weighted by molar-refractivity contribution is 0.0762. The molecule has 0 bridgehead atoms. The van der Waals surface area contributed by atoms with Gasteiger partial charge in [0.25, 0.3) is 0 Å². The molecule has 0 fully saturated rings. The van der Waals surface area contributed by atoms with E-state index in [4.69, 9.17) is 4.74 Å². The van der Waals surface area contributed by atoms with Gasteiger partial charge in [-0.1, -0.05) is 13.0 Å². The number of hydrogen-bond donors (Lipinski definition) is 1. The number of halogens is 2. The molecule has 1 unspecified atom stereocenters. The summed E-state index contributed by atoms with van der Waals surface area (Å²) in [5.74, 6) is -1.43. The van der Waals surface area contributed by atoms with Crippen LogP contribution in [0.4, 0.5) is 8.78 Å². The molecule has 0 aromatic heterocycles. The second-order valence-electron chi connectivity index (χ2n) is 4.24. The second-order valence-corrected chi connectivity index (χ2v) is 4.24. The molecular weight excluding hydrogens is 252 g/mol.